The van der Waals surface area contributed by atoms with Crippen LogP contribution in [0.4, 0.5) is 0 Å². The average molecular weight is 295 g/mol. The second kappa shape index (κ2) is 6.63. The summed E-state index contributed by atoms with van der Waals surface area (Å²) in [4.78, 5) is 17.4. The first-order chi connectivity index (χ1) is 10.2. The average Bonchev–Trinajstić information content (AvgIpc) is 2.92. The van der Waals surface area contributed by atoms with Gasteiger partial charge in [0, 0.05) is 32.3 Å². The number of ether oxygens (including phenoxy) is 1. The highest BCUT2D eigenvalue weighted by atomic mass is 16.5. The molecule has 0 bridgehead atoms. The third-order valence-corrected chi connectivity index (χ3v) is 5.45. The number of likely N-dealkylation sites (tertiary alicyclic amines) is 2. The first-order valence-electron chi connectivity index (χ1n) is 8.59. The minimum Gasteiger partial charge on any atom is -0.381 e. The molecule has 0 saturated carbocycles. The minimum atomic E-state index is -0.675. The fraction of sp³-hybridized carbons (Fsp3) is 0.938. The molecule has 3 aliphatic rings. The van der Waals surface area contributed by atoms with Crippen LogP contribution >= 0.6 is 0 Å². The Hall–Kier alpha value is -0.650. The van der Waals surface area contributed by atoms with E-state index in [4.69, 9.17) is 10.5 Å². The maximum Gasteiger partial charge on any atom is 0.242 e. The van der Waals surface area contributed by atoms with Gasteiger partial charge in [-0.05, 0) is 58.0 Å². The predicted molar refractivity (Wildman–Crippen MR) is 82.0 cm³/mol. The second-order valence-corrected chi connectivity index (χ2v) is 6.89. The van der Waals surface area contributed by atoms with Gasteiger partial charge in [0.1, 0.15) is 0 Å². The highest BCUT2D eigenvalue weighted by Gasteiger charge is 2.39. The maximum absolute atomic E-state index is 12.8. The van der Waals surface area contributed by atoms with E-state index in [2.05, 4.69) is 4.90 Å². The second-order valence-electron chi connectivity index (χ2n) is 6.89. The Morgan fingerprint density at radius 3 is 2.43 bits per heavy atom. The van der Waals surface area contributed by atoms with Crippen molar-refractivity contribution in [2.24, 2.45) is 5.73 Å². The van der Waals surface area contributed by atoms with Crippen molar-refractivity contribution in [3.8, 4) is 0 Å². The molecule has 0 spiro atoms. The van der Waals surface area contributed by atoms with E-state index in [0.29, 0.717) is 32.1 Å². The van der Waals surface area contributed by atoms with Gasteiger partial charge >= 0.3 is 0 Å². The number of hydrogen-bond donors (Lipinski definition) is 1. The third kappa shape index (κ3) is 3.41. The van der Waals surface area contributed by atoms with Crippen LogP contribution in [-0.2, 0) is 9.53 Å². The molecule has 0 radical (unpaired) electrons. The lowest BCUT2D eigenvalue weighted by Crippen LogP contribution is -2.58. The van der Waals surface area contributed by atoms with Crippen molar-refractivity contribution in [3.05, 3.63) is 0 Å². The molecular weight excluding hydrogens is 266 g/mol. The molecule has 1 atom stereocenters. The van der Waals surface area contributed by atoms with E-state index in [1.165, 1.54) is 32.4 Å². The van der Waals surface area contributed by atoms with Crippen LogP contribution in [0.5, 0.6) is 0 Å². The molecule has 3 aliphatic heterocycles. The molecule has 5 nitrogen and oxygen atoms in total. The summed E-state index contributed by atoms with van der Waals surface area (Å²) in [7, 11) is 0. The van der Waals surface area contributed by atoms with Gasteiger partial charge in [0.25, 0.3) is 0 Å². The van der Waals surface area contributed by atoms with Gasteiger partial charge in [0.2, 0.25) is 5.91 Å². The Morgan fingerprint density at radius 1 is 1.00 bits per heavy atom. The Labute approximate surface area is 127 Å². The topological polar surface area (TPSA) is 58.8 Å². The molecule has 0 aromatic heterocycles. The van der Waals surface area contributed by atoms with Crippen LogP contribution in [0.25, 0.3) is 0 Å². The molecule has 2 N–H and O–H groups in total. The molecule has 3 fully saturated rings. The molecule has 21 heavy (non-hydrogen) atoms. The summed E-state index contributed by atoms with van der Waals surface area (Å²) >= 11 is 0. The molecule has 120 valence electrons. The minimum absolute atomic E-state index is 0.160. The van der Waals surface area contributed by atoms with Gasteiger partial charge in [-0.3, -0.25) is 4.79 Å². The van der Waals surface area contributed by atoms with Gasteiger partial charge in [-0.15, -0.1) is 0 Å². The summed E-state index contributed by atoms with van der Waals surface area (Å²) in [6.07, 6.45) is 7.45. The van der Waals surface area contributed by atoms with Crippen molar-refractivity contribution in [2.45, 2.75) is 56.5 Å². The van der Waals surface area contributed by atoms with Gasteiger partial charge < -0.3 is 20.3 Å². The van der Waals surface area contributed by atoms with E-state index in [1.807, 2.05) is 4.90 Å². The van der Waals surface area contributed by atoms with Gasteiger partial charge in [0.15, 0.2) is 0 Å². The molecule has 3 saturated heterocycles. The first-order valence-corrected chi connectivity index (χ1v) is 8.59. The smallest absolute Gasteiger partial charge is 0.242 e. The molecule has 3 heterocycles. The van der Waals surface area contributed by atoms with Crippen LogP contribution in [-0.4, -0.2) is 66.7 Å². The van der Waals surface area contributed by atoms with Crippen LogP contribution < -0.4 is 5.73 Å². The van der Waals surface area contributed by atoms with E-state index >= 15 is 0 Å². The van der Waals surface area contributed by atoms with E-state index in [0.717, 1.165) is 25.9 Å². The summed E-state index contributed by atoms with van der Waals surface area (Å²) in [5.41, 5.74) is 5.68. The number of rotatable bonds is 2. The molecule has 0 aromatic carbocycles. The van der Waals surface area contributed by atoms with Gasteiger partial charge in [-0.2, -0.15) is 0 Å². The number of nitrogens with zero attached hydrogens (tertiary/aromatic N) is 2. The fourth-order valence-electron chi connectivity index (χ4n) is 4.02. The zero-order valence-corrected chi connectivity index (χ0v) is 13.1. The Bertz CT molecular complexity index is 363. The number of nitrogens with two attached hydrogens (primary N) is 1. The zero-order chi connectivity index (χ0) is 14.7. The molecule has 1 unspecified atom stereocenters. The Balaban J connectivity index is 1.57. The number of carbonyl (C=O) groups excluding carboxylic acids is 1. The van der Waals surface area contributed by atoms with Crippen molar-refractivity contribution in [1.82, 2.24) is 9.80 Å². The monoisotopic (exact) mass is 295 g/mol. The standard InChI is InChI=1S/C16H29N3O2/c17-16(6-12-21-13-7-16)15(20)19-10-3-4-14(5-11-19)18-8-1-2-9-18/h14H,1-13,17H2. The lowest BCUT2D eigenvalue weighted by Gasteiger charge is -2.36. The summed E-state index contributed by atoms with van der Waals surface area (Å²) in [5, 5.41) is 0. The number of amides is 1. The van der Waals surface area contributed by atoms with Crippen molar-refractivity contribution in [1.29, 1.82) is 0 Å². The molecular formula is C16H29N3O2. The number of carbonyl (C=O) groups is 1. The van der Waals surface area contributed by atoms with Gasteiger partial charge in [-0.25, -0.2) is 0 Å². The molecule has 0 aliphatic carbocycles. The highest BCUT2D eigenvalue weighted by molar-refractivity contribution is 5.86. The molecule has 3 rings (SSSR count). The Kier molecular flexibility index (Phi) is 4.82. The van der Waals surface area contributed by atoms with Crippen LogP contribution in [0, 0.1) is 0 Å². The Morgan fingerprint density at radius 2 is 1.71 bits per heavy atom. The lowest BCUT2D eigenvalue weighted by atomic mass is 9.89. The maximum atomic E-state index is 12.8. The third-order valence-electron chi connectivity index (χ3n) is 5.45. The zero-order valence-electron chi connectivity index (χ0n) is 13.1. The van der Waals surface area contributed by atoms with Crippen molar-refractivity contribution < 1.29 is 9.53 Å². The molecule has 5 heteroatoms. The van der Waals surface area contributed by atoms with Crippen molar-refractivity contribution >= 4 is 5.91 Å². The number of hydrogen-bond acceptors (Lipinski definition) is 4. The summed E-state index contributed by atoms with van der Waals surface area (Å²) in [6.45, 7) is 5.48. The summed E-state index contributed by atoms with van der Waals surface area (Å²) < 4.78 is 5.35. The van der Waals surface area contributed by atoms with Crippen LogP contribution in [0.1, 0.15) is 44.9 Å². The first kappa shape index (κ1) is 15.3. The van der Waals surface area contributed by atoms with E-state index in [-0.39, 0.29) is 5.91 Å². The van der Waals surface area contributed by atoms with Crippen molar-refractivity contribution in [2.75, 3.05) is 39.4 Å². The van der Waals surface area contributed by atoms with Crippen LogP contribution in [0.15, 0.2) is 0 Å². The fourth-order valence-corrected chi connectivity index (χ4v) is 4.02. The van der Waals surface area contributed by atoms with Crippen molar-refractivity contribution in [3.63, 3.8) is 0 Å². The van der Waals surface area contributed by atoms with Gasteiger partial charge in [-0.1, -0.05) is 0 Å². The highest BCUT2D eigenvalue weighted by Crippen LogP contribution is 2.25. The van der Waals surface area contributed by atoms with Crippen LogP contribution in [0.2, 0.25) is 0 Å². The van der Waals surface area contributed by atoms with E-state index in [9.17, 15) is 4.79 Å². The molecule has 1 amide bonds. The van der Waals surface area contributed by atoms with Gasteiger partial charge in [0.05, 0.1) is 5.54 Å². The van der Waals surface area contributed by atoms with E-state index < -0.39 is 5.54 Å². The summed E-state index contributed by atoms with van der Waals surface area (Å²) in [5.74, 6) is 0.160. The normalized spacial score (nSPS) is 31.1. The molecule has 0 aromatic rings. The quantitative estimate of drug-likeness (QED) is 0.825. The SMILES string of the molecule is NC1(C(=O)N2CCCC(N3CCCC3)CC2)CCOCC1. The summed E-state index contributed by atoms with van der Waals surface area (Å²) in [6, 6.07) is 0.675. The predicted octanol–water partition coefficient (Wildman–Crippen LogP) is 0.971. The lowest BCUT2D eigenvalue weighted by molar-refractivity contribution is -0.140. The van der Waals surface area contributed by atoms with Crippen LogP contribution in [0.3, 0.4) is 0 Å². The van der Waals surface area contributed by atoms with E-state index in [1.54, 1.807) is 0 Å². The largest absolute Gasteiger partial charge is 0.381 e.